The summed E-state index contributed by atoms with van der Waals surface area (Å²) in [7, 11) is 0. The lowest BCUT2D eigenvalue weighted by Gasteiger charge is -2.23. The molecule has 1 saturated carbocycles. The molecule has 1 heteroatoms. The zero-order chi connectivity index (χ0) is 7.31. The molecule has 0 aromatic carbocycles. The number of epoxide rings is 1. The quantitative estimate of drug-likeness (QED) is 0.480. The van der Waals surface area contributed by atoms with Crippen molar-refractivity contribution < 1.29 is 4.74 Å². The molecule has 2 aliphatic carbocycles. The fraction of sp³-hybridized carbons (Fsp3) is 0.600. The highest BCUT2D eigenvalue weighted by molar-refractivity contribution is 5.40. The van der Waals surface area contributed by atoms with Crippen molar-refractivity contribution in [3.8, 4) is 0 Å². The second-order valence-corrected chi connectivity index (χ2v) is 3.71. The highest BCUT2D eigenvalue weighted by atomic mass is 16.6. The van der Waals surface area contributed by atoms with E-state index < -0.39 is 0 Å². The van der Waals surface area contributed by atoms with Crippen molar-refractivity contribution in [3.05, 3.63) is 23.8 Å². The summed E-state index contributed by atoms with van der Waals surface area (Å²) in [6.45, 7) is 0. The van der Waals surface area contributed by atoms with E-state index in [2.05, 4.69) is 18.2 Å². The van der Waals surface area contributed by atoms with Crippen LogP contribution in [0.15, 0.2) is 23.8 Å². The van der Waals surface area contributed by atoms with Crippen LogP contribution < -0.4 is 0 Å². The summed E-state index contributed by atoms with van der Waals surface area (Å²) in [4.78, 5) is 0. The SMILES string of the molecule is C1=CC2OC23CCCCC3=C1. The highest BCUT2D eigenvalue weighted by Gasteiger charge is 2.58. The van der Waals surface area contributed by atoms with Gasteiger partial charge in [0, 0.05) is 0 Å². The van der Waals surface area contributed by atoms with E-state index in [1.54, 1.807) is 5.57 Å². The van der Waals surface area contributed by atoms with E-state index in [-0.39, 0.29) is 5.60 Å². The second-order valence-electron chi connectivity index (χ2n) is 3.71. The van der Waals surface area contributed by atoms with Crippen LogP contribution in [-0.4, -0.2) is 11.7 Å². The molecule has 0 N–H and O–H groups in total. The normalized spacial score (nSPS) is 45.8. The molecule has 0 amide bonds. The molecule has 2 fully saturated rings. The molecular formula is C10H12O. The van der Waals surface area contributed by atoms with Crippen LogP contribution >= 0.6 is 0 Å². The molecule has 58 valence electrons. The van der Waals surface area contributed by atoms with E-state index >= 15 is 0 Å². The Hall–Kier alpha value is -0.560. The molecule has 2 unspecified atom stereocenters. The van der Waals surface area contributed by atoms with Crippen LogP contribution in [0.1, 0.15) is 25.7 Å². The van der Waals surface area contributed by atoms with Crippen molar-refractivity contribution >= 4 is 0 Å². The number of ether oxygens (including phenoxy) is 1. The van der Waals surface area contributed by atoms with Crippen molar-refractivity contribution in [2.24, 2.45) is 0 Å². The molecule has 2 atom stereocenters. The molecule has 0 aromatic rings. The first-order valence-corrected chi connectivity index (χ1v) is 4.47. The zero-order valence-corrected chi connectivity index (χ0v) is 6.55. The van der Waals surface area contributed by atoms with Gasteiger partial charge in [-0.3, -0.25) is 0 Å². The second kappa shape index (κ2) is 1.78. The Morgan fingerprint density at radius 1 is 1.45 bits per heavy atom. The Bertz CT molecular complexity index is 252. The van der Waals surface area contributed by atoms with Gasteiger partial charge in [0.05, 0.1) is 0 Å². The Labute approximate surface area is 66.7 Å². The van der Waals surface area contributed by atoms with E-state index in [1.807, 2.05) is 0 Å². The maximum absolute atomic E-state index is 5.71. The summed E-state index contributed by atoms with van der Waals surface area (Å²) in [5, 5.41) is 0. The van der Waals surface area contributed by atoms with Gasteiger partial charge in [0.1, 0.15) is 11.7 Å². The predicted molar refractivity (Wildman–Crippen MR) is 43.3 cm³/mol. The van der Waals surface area contributed by atoms with Crippen molar-refractivity contribution in [3.63, 3.8) is 0 Å². The molecule has 1 heterocycles. The number of hydrogen-bond acceptors (Lipinski definition) is 1. The van der Waals surface area contributed by atoms with Gasteiger partial charge in [0.2, 0.25) is 0 Å². The van der Waals surface area contributed by atoms with E-state index in [0.717, 1.165) is 0 Å². The summed E-state index contributed by atoms with van der Waals surface area (Å²) >= 11 is 0. The van der Waals surface area contributed by atoms with E-state index in [9.17, 15) is 0 Å². The first-order valence-electron chi connectivity index (χ1n) is 4.47. The van der Waals surface area contributed by atoms with Crippen molar-refractivity contribution in [2.45, 2.75) is 37.4 Å². The molecule has 3 rings (SSSR count). The average Bonchev–Trinajstić information content (AvgIpc) is 2.75. The minimum atomic E-state index is 0.215. The first-order chi connectivity index (χ1) is 5.42. The van der Waals surface area contributed by atoms with Gasteiger partial charge in [-0.25, -0.2) is 0 Å². The largest absolute Gasteiger partial charge is 0.357 e. The lowest BCUT2D eigenvalue weighted by molar-refractivity contribution is 0.289. The number of rotatable bonds is 0. The predicted octanol–water partition coefficient (Wildman–Crippen LogP) is 2.19. The molecule has 3 aliphatic rings. The molecule has 1 aliphatic heterocycles. The van der Waals surface area contributed by atoms with Crippen LogP contribution in [0.5, 0.6) is 0 Å². The summed E-state index contributed by atoms with van der Waals surface area (Å²) in [6.07, 6.45) is 12.3. The minimum Gasteiger partial charge on any atom is -0.357 e. The summed E-state index contributed by atoms with van der Waals surface area (Å²) in [6, 6.07) is 0. The Morgan fingerprint density at radius 3 is 3.36 bits per heavy atom. The van der Waals surface area contributed by atoms with Gasteiger partial charge in [-0.1, -0.05) is 18.2 Å². The van der Waals surface area contributed by atoms with Crippen LogP contribution in [0, 0.1) is 0 Å². The lowest BCUT2D eigenvalue weighted by Crippen LogP contribution is -2.23. The fourth-order valence-corrected chi connectivity index (χ4v) is 2.42. The maximum Gasteiger partial charge on any atom is 0.120 e. The smallest absolute Gasteiger partial charge is 0.120 e. The van der Waals surface area contributed by atoms with Gasteiger partial charge >= 0.3 is 0 Å². The maximum atomic E-state index is 5.71. The van der Waals surface area contributed by atoms with Crippen LogP contribution in [0.3, 0.4) is 0 Å². The monoisotopic (exact) mass is 148 g/mol. The van der Waals surface area contributed by atoms with E-state index in [1.165, 1.54) is 25.7 Å². The molecular weight excluding hydrogens is 136 g/mol. The van der Waals surface area contributed by atoms with Crippen LogP contribution in [-0.2, 0) is 4.74 Å². The standard InChI is InChI=1S/C10H12O/c1-2-7-10-8(4-1)5-3-6-9(10)11-10/h3,5-6,9H,1-2,4,7H2. The fourth-order valence-electron chi connectivity index (χ4n) is 2.42. The Morgan fingerprint density at radius 2 is 2.45 bits per heavy atom. The first kappa shape index (κ1) is 6.01. The zero-order valence-electron chi connectivity index (χ0n) is 6.55. The van der Waals surface area contributed by atoms with Gasteiger partial charge in [0.25, 0.3) is 0 Å². The van der Waals surface area contributed by atoms with Crippen LogP contribution in [0.25, 0.3) is 0 Å². The summed E-state index contributed by atoms with van der Waals surface area (Å²) in [5.74, 6) is 0. The summed E-state index contributed by atoms with van der Waals surface area (Å²) in [5.41, 5.74) is 1.77. The van der Waals surface area contributed by atoms with Crippen molar-refractivity contribution in [1.82, 2.24) is 0 Å². The molecule has 0 aromatic heterocycles. The molecule has 1 spiro atoms. The van der Waals surface area contributed by atoms with Gasteiger partial charge < -0.3 is 4.74 Å². The van der Waals surface area contributed by atoms with Crippen LogP contribution in [0.2, 0.25) is 0 Å². The third kappa shape index (κ3) is 0.646. The third-order valence-electron chi connectivity index (χ3n) is 3.11. The number of allylic oxidation sites excluding steroid dienone is 2. The lowest BCUT2D eigenvalue weighted by atomic mass is 9.79. The van der Waals surface area contributed by atoms with Crippen molar-refractivity contribution in [2.75, 3.05) is 0 Å². The van der Waals surface area contributed by atoms with E-state index in [4.69, 9.17) is 4.74 Å². The average molecular weight is 148 g/mol. The third-order valence-corrected chi connectivity index (χ3v) is 3.11. The molecule has 0 bridgehead atoms. The van der Waals surface area contributed by atoms with Crippen LogP contribution in [0.4, 0.5) is 0 Å². The van der Waals surface area contributed by atoms with Crippen molar-refractivity contribution in [1.29, 1.82) is 0 Å². The topological polar surface area (TPSA) is 12.5 Å². The Kier molecular flexibility index (Phi) is 0.972. The molecule has 0 radical (unpaired) electrons. The Balaban J connectivity index is 2.02. The molecule has 11 heavy (non-hydrogen) atoms. The van der Waals surface area contributed by atoms with Gasteiger partial charge in [-0.2, -0.15) is 0 Å². The van der Waals surface area contributed by atoms with E-state index in [0.29, 0.717) is 6.10 Å². The van der Waals surface area contributed by atoms with Gasteiger partial charge in [-0.15, -0.1) is 0 Å². The molecule has 1 saturated heterocycles. The van der Waals surface area contributed by atoms with Gasteiger partial charge in [0.15, 0.2) is 0 Å². The minimum absolute atomic E-state index is 0.215. The molecule has 1 nitrogen and oxygen atoms in total. The highest BCUT2D eigenvalue weighted by Crippen LogP contribution is 2.53. The summed E-state index contributed by atoms with van der Waals surface area (Å²) < 4.78 is 5.71. The van der Waals surface area contributed by atoms with Gasteiger partial charge in [-0.05, 0) is 31.3 Å². The number of hydrogen-bond donors (Lipinski definition) is 0.